The highest BCUT2D eigenvalue weighted by atomic mass is 16.2. The topological polar surface area (TPSA) is 77.4 Å². The number of aryl methyl sites for hydroxylation is 1. The third-order valence-corrected chi connectivity index (χ3v) is 6.60. The second-order valence-electron chi connectivity index (χ2n) is 8.60. The van der Waals surface area contributed by atoms with Gasteiger partial charge in [-0.15, -0.1) is 0 Å². The summed E-state index contributed by atoms with van der Waals surface area (Å²) in [5.41, 5.74) is 4.27. The zero-order valence-corrected chi connectivity index (χ0v) is 17.2. The number of carbonyl (C=O) groups excluding carboxylic acids is 1. The Morgan fingerprint density at radius 2 is 2.00 bits per heavy atom. The van der Waals surface area contributed by atoms with Gasteiger partial charge in [0.25, 0.3) is 11.5 Å². The monoisotopic (exact) mass is 414 g/mol. The van der Waals surface area contributed by atoms with E-state index in [-0.39, 0.29) is 23.3 Å². The number of likely N-dealkylation sites (tertiary alicyclic amines) is 1. The van der Waals surface area contributed by atoms with Crippen LogP contribution in [0.1, 0.15) is 28.4 Å². The second kappa shape index (κ2) is 6.66. The number of nitrogens with zero attached hydrogens (tertiary/aromatic N) is 6. The summed E-state index contributed by atoms with van der Waals surface area (Å²) in [5, 5.41) is 4.32. The molecule has 2 aliphatic rings. The van der Waals surface area contributed by atoms with E-state index in [0.717, 1.165) is 28.9 Å². The number of amides is 1. The Bertz CT molecular complexity index is 1370. The van der Waals surface area contributed by atoms with E-state index in [1.165, 1.54) is 0 Å². The molecule has 1 amide bonds. The summed E-state index contributed by atoms with van der Waals surface area (Å²) in [7, 11) is 1.92. The van der Waals surface area contributed by atoms with Gasteiger partial charge in [-0.2, -0.15) is 5.10 Å². The van der Waals surface area contributed by atoms with Gasteiger partial charge in [-0.25, -0.2) is 4.52 Å². The van der Waals surface area contributed by atoms with E-state index in [9.17, 15) is 9.59 Å². The number of aromatic nitrogens is 5. The van der Waals surface area contributed by atoms with Gasteiger partial charge in [0.15, 0.2) is 0 Å². The minimum Gasteiger partial charge on any atom is -0.337 e. The lowest BCUT2D eigenvalue weighted by atomic mass is 9.82. The van der Waals surface area contributed by atoms with Crippen molar-refractivity contribution in [2.24, 2.45) is 13.0 Å². The molecule has 2 atom stereocenters. The van der Waals surface area contributed by atoms with E-state index in [4.69, 9.17) is 0 Å². The first-order valence-corrected chi connectivity index (χ1v) is 10.5. The van der Waals surface area contributed by atoms with Gasteiger partial charge in [-0.3, -0.25) is 14.6 Å². The molecule has 31 heavy (non-hydrogen) atoms. The predicted molar refractivity (Wildman–Crippen MR) is 115 cm³/mol. The van der Waals surface area contributed by atoms with Crippen molar-refractivity contribution in [1.29, 1.82) is 0 Å². The minimum absolute atomic E-state index is 0.00529. The van der Waals surface area contributed by atoms with Crippen molar-refractivity contribution in [3.63, 3.8) is 0 Å². The number of piperidine rings is 1. The Labute approximate surface area is 178 Å². The zero-order chi connectivity index (χ0) is 21.1. The summed E-state index contributed by atoms with van der Waals surface area (Å²) in [6.07, 6.45) is 9.89. The number of carbonyl (C=O) groups is 1. The molecule has 0 unspecified atom stereocenters. The molecule has 0 radical (unpaired) electrons. The fourth-order valence-electron chi connectivity index (χ4n) is 5.20. The predicted octanol–water partition coefficient (Wildman–Crippen LogP) is 2.16. The van der Waals surface area contributed by atoms with Crippen molar-refractivity contribution < 1.29 is 4.79 Å². The van der Waals surface area contributed by atoms with Gasteiger partial charge >= 0.3 is 0 Å². The van der Waals surface area contributed by atoms with Crippen LogP contribution in [0.5, 0.6) is 0 Å². The van der Waals surface area contributed by atoms with Crippen molar-refractivity contribution >= 4 is 11.6 Å². The molecule has 4 aromatic rings. The maximum atomic E-state index is 13.4. The highest BCUT2D eigenvalue weighted by Crippen LogP contribution is 2.37. The van der Waals surface area contributed by atoms with Gasteiger partial charge in [0, 0.05) is 74.7 Å². The van der Waals surface area contributed by atoms with Crippen LogP contribution in [0, 0.1) is 5.92 Å². The van der Waals surface area contributed by atoms with Crippen molar-refractivity contribution in [3.8, 4) is 11.1 Å². The van der Waals surface area contributed by atoms with Crippen LogP contribution in [0.2, 0.25) is 0 Å². The van der Waals surface area contributed by atoms with Crippen LogP contribution in [0.15, 0.2) is 60.0 Å². The van der Waals surface area contributed by atoms with Crippen LogP contribution < -0.4 is 5.56 Å². The SMILES string of the molecule is Cn1ccn2ncc(C(=O)N3C[C@@H]4C[C@H](C3)c3cc(-c5cccnc5)cc(=O)n3C4)c12. The normalized spacial score (nSPS) is 20.1. The van der Waals surface area contributed by atoms with Gasteiger partial charge < -0.3 is 14.0 Å². The average molecular weight is 414 g/mol. The smallest absolute Gasteiger partial charge is 0.259 e. The summed E-state index contributed by atoms with van der Waals surface area (Å²) in [6, 6.07) is 7.64. The van der Waals surface area contributed by atoms with Gasteiger partial charge in [-0.05, 0) is 30.0 Å². The number of fused-ring (bicyclic) bond motifs is 5. The molecule has 2 aliphatic heterocycles. The molecule has 6 heterocycles. The molecule has 8 heteroatoms. The molecule has 0 aromatic carbocycles. The summed E-state index contributed by atoms with van der Waals surface area (Å²) in [6.45, 7) is 1.91. The Balaban J connectivity index is 1.36. The lowest BCUT2D eigenvalue weighted by Gasteiger charge is -2.42. The second-order valence-corrected chi connectivity index (χ2v) is 8.60. The number of rotatable bonds is 2. The highest BCUT2D eigenvalue weighted by molar-refractivity contribution is 6.00. The van der Waals surface area contributed by atoms with Gasteiger partial charge in [0.1, 0.15) is 11.2 Å². The number of hydrogen-bond acceptors (Lipinski definition) is 4. The Morgan fingerprint density at radius 3 is 2.84 bits per heavy atom. The quantitative estimate of drug-likeness (QED) is 0.504. The average Bonchev–Trinajstić information content (AvgIpc) is 3.37. The molecule has 6 rings (SSSR count). The fraction of sp³-hybridized carbons (Fsp3) is 0.304. The Kier molecular flexibility index (Phi) is 3.89. The van der Waals surface area contributed by atoms with Crippen LogP contribution in [-0.2, 0) is 13.6 Å². The van der Waals surface area contributed by atoms with Gasteiger partial charge in [0.05, 0.1) is 6.20 Å². The molecular weight excluding hydrogens is 392 g/mol. The molecule has 0 spiro atoms. The summed E-state index contributed by atoms with van der Waals surface area (Å²) in [4.78, 5) is 32.4. The maximum absolute atomic E-state index is 13.4. The third kappa shape index (κ3) is 2.82. The fourth-order valence-corrected chi connectivity index (χ4v) is 5.20. The van der Waals surface area contributed by atoms with E-state index < -0.39 is 0 Å². The van der Waals surface area contributed by atoms with Crippen molar-refractivity contribution in [3.05, 3.63) is 76.9 Å². The van der Waals surface area contributed by atoms with Gasteiger partial charge in [0.2, 0.25) is 0 Å². The number of imidazole rings is 1. The number of hydrogen-bond donors (Lipinski definition) is 0. The van der Waals surface area contributed by atoms with E-state index in [0.29, 0.717) is 25.2 Å². The first-order valence-electron chi connectivity index (χ1n) is 10.5. The lowest BCUT2D eigenvalue weighted by Crippen LogP contribution is -2.49. The molecule has 0 saturated carbocycles. The van der Waals surface area contributed by atoms with Crippen LogP contribution >= 0.6 is 0 Å². The number of pyridine rings is 2. The molecular formula is C23H22N6O2. The molecule has 0 aliphatic carbocycles. The maximum Gasteiger partial charge on any atom is 0.259 e. The first kappa shape index (κ1) is 18.1. The highest BCUT2D eigenvalue weighted by Gasteiger charge is 2.37. The Hall–Kier alpha value is -3.68. The molecule has 2 bridgehead atoms. The van der Waals surface area contributed by atoms with Crippen molar-refractivity contribution in [2.45, 2.75) is 18.9 Å². The van der Waals surface area contributed by atoms with Crippen molar-refractivity contribution in [2.75, 3.05) is 13.1 Å². The van der Waals surface area contributed by atoms with E-state index in [2.05, 4.69) is 16.1 Å². The standard InChI is InChI=1S/C23H22N6O2/c1-26-5-6-29-22(26)19(11-25-29)23(31)27-12-15-7-18(14-27)20-8-17(9-21(30)28(20)13-15)16-3-2-4-24-10-16/h2-6,8-11,15,18H,7,12-14H2,1H3/t15-,18+/m0/s1. The van der Waals surface area contributed by atoms with Crippen LogP contribution in [-0.4, -0.2) is 47.6 Å². The lowest BCUT2D eigenvalue weighted by molar-refractivity contribution is 0.0596. The van der Waals surface area contributed by atoms with Crippen LogP contribution in [0.4, 0.5) is 0 Å². The zero-order valence-electron chi connectivity index (χ0n) is 17.2. The van der Waals surface area contributed by atoms with Gasteiger partial charge in [-0.1, -0.05) is 6.07 Å². The largest absolute Gasteiger partial charge is 0.337 e. The molecule has 0 N–H and O–H groups in total. The molecule has 1 fully saturated rings. The van der Waals surface area contributed by atoms with Crippen LogP contribution in [0.3, 0.4) is 0 Å². The molecule has 156 valence electrons. The first-order chi connectivity index (χ1) is 15.1. The van der Waals surface area contributed by atoms with E-state index >= 15 is 0 Å². The van der Waals surface area contributed by atoms with Crippen LogP contribution in [0.25, 0.3) is 16.8 Å². The molecule has 4 aromatic heterocycles. The summed E-state index contributed by atoms with van der Waals surface area (Å²) < 4.78 is 5.54. The summed E-state index contributed by atoms with van der Waals surface area (Å²) >= 11 is 0. The molecule has 8 nitrogen and oxygen atoms in total. The summed E-state index contributed by atoms with van der Waals surface area (Å²) in [5.74, 6) is 0.419. The van der Waals surface area contributed by atoms with E-state index in [1.54, 1.807) is 29.2 Å². The third-order valence-electron chi connectivity index (χ3n) is 6.60. The van der Waals surface area contributed by atoms with Crippen molar-refractivity contribution in [1.82, 2.24) is 28.6 Å². The molecule has 1 saturated heterocycles. The Morgan fingerprint density at radius 1 is 1.10 bits per heavy atom. The minimum atomic E-state index is 0.00529. The van der Waals surface area contributed by atoms with E-state index in [1.807, 2.05) is 45.6 Å².